The Bertz CT molecular complexity index is 835. The average Bonchev–Trinajstić information content (AvgIpc) is 3.20. The van der Waals surface area contributed by atoms with Gasteiger partial charge in [-0.25, -0.2) is 9.97 Å². The van der Waals surface area contributed by atoms with Crippen molar-refractivity contribution in [2.24, 2.45) is 5.92 Å². The highest BCUT2D eigenvalue weighted by Gasteiger charge is 2.29. The molecule has 1 N–H and O–H groups in total. The number of methoxy groups -OCH3 is 1. The first-order valence-electron chi connectivity index (χ1n) is 9.59. The first kappa shape index (κ1) is 18.0. The van der Waals surface area contributed by atoms with Crippen LogP contribution in [-0.2, 0) is 9.53 Å². The maximum Gasteiger partial charge on any atom is 0.226 e. The number of anilines is 1. The van der Waals surface area contributed by atoms with Gasteiger partial charge in [-0.1, -0.05) is 0 Å². The second-order valence-electron chi connectivity index (χ2n) is 7.35. The summed E-state index contributed by atoms with van der Waals surface area (Å²) in [5, 5.41) is 4.15. The van der Waals surface area contributed by atoms with Crippen LogP contribution in [0.2, 0.25) is 0 Å². The Morgan fingerprint density at radius 3 is 3.00 bits per heavy atom. The van der Waals surface area contributed by atoms with Crippen molar-refractivity contribution in [1.82, 2.24) is 15.3 Å². The molecule has 2 aromatic rings. The summed E-state index contributed by atoms with van der Waals surface area (Å²) in [6.45, 7) is 4.86. The van der Waals surface area contributed by atoms with E-state index in [1.165, 1.54) is 0 Å². The third-order valence-corrected chi connectivity index (χ3v) is 5.43. The molecule has 0 spiro atoms. The second kappa shape index (κ2) is 7.68. The van der Waals surface area contributed by atoms with Crippen LogP contribution in [0.25, 0.3) is 10.9 Å². The van der Waals surface area contributed by atoms with Gasteiger partial charge in [0, 0.05) is 31.1 Å². The van der Waals surface area contributed by atoms with Crippen molar-refractivity contribution in [3.05, 3.63) is 23.9 Å². The van der Waals surface area contributed by atoms with E-state index >= 15 is 0 Å². The number of carbonyl (C=O) groups excluding carboxylic acids is 1. The van der Waals surface area contributed by atoms with Gasteiger partial charge in [-0.3, -0.25) is 4.79 Å². The van der Waals surface area contributed by atoms with Gasteiger partial charge in [0.1, 0.15) is 5.75 Å². The lowest BCUT2D eigenvalue weighted by molar-refractivity contribution is -0.126. The molecule has 7 heteroatoms. The Morgan fingerprint density at radius 1 is 1.33 bits per heavy atom. The van der Waals surface area contributed by atoms with E-state index < -0.39 is 0 Å². The summed E-state index contributed by atoms with van der Waals surface area (Å²) in [5.41, 5.74) is 1.80. The Balaban J connectivity index is 1.52. The Hall–Kier alpha value is -2.41. The summed E-state index contributed by atoms with van der Waals surface area (Å²) in [6, 6.07) is 6.00. The molecule has 1 aromatic carbocycles. The summed E-state index contributed by atoms with van der Waals surface area (Å²) in [7, 11) is 1.65. The molecular weight excluding hydrogens is 344 g/mol. The van der Waals surface area contributed by atoms with Crippen LogP contribution < -0.4 is 15.0 Å². The molecule has 2 unspecified atom stereocenters. The number of amides is 1. The zero-order valence-electron chi connectivity index (χ0n) is 15.9. The van der Waals surface area contributed by atoms with E-state index in [0.717, 1.165) is 54.8 Å². The average molecular weight is 370 g/mol. The summed E-state index contributed by atoms with van der Waals surface area (Å²) >= 11 is 0. The zero-order valence-corrected chi connectivity index (χ0v) is 15.9. The van der Waals surface area contributed by atoms with Crippen LogP contribution in [0.15, 0.2) is 18.2 Å². The van der Waals surface area contributed by atoms with Crippen LogP contribution in [0.5, 0.6) is 5.75 Å². The van der Waals surface area contributed by atoms with Gasteiger partial charge >= 0.3 is 0 Å². The van der Waals surface area contributed by atoms with E-state index in [2.05, 4.69) is 10.2 Å². The van der Waals surface area contributed by atoms with E-state index in [0.29, 0.717) is 19.1 Å². The first-order valence-corrected chi connectivity index (χ1v) is 9.59. The highest BCUT2D eigenvalue weighted by molar-refractivity contribution is 5.83. The molecule has 1 aromatic heterocycles. The van der Waals surface area contributed by atoms with Crippen molar-refractivity contribution >= 4 is 22.8 Å². The highest BCUT2D eigenvalue weighted by atomic mass is 16.5. The summed E-state index contributed by atoms with van der Waals surface area (Å²) in [6.07, 6.45) is 2.76. The molecule has 4 rings (SSSR count). The van der Waals surface area contributed by atoms with Crippen molar-refractivity contribution in [3.63, 3.8) is 0 Å². The van der Waals surface area contributed by atoms with Gasteiger partial charge in [-0.15, -0.1) is 0 Å². The Morgan fingerprint density at radius 2 is 2.22 bits per heavy atom. The number of ether oxygens (including phenoxy) is 2. The second-order valence-corrected chi connectivity index (χ2v) is 7.35. The molecule has 0 bridgehead atoms. The van der Waals surface area contributed by atoms with Crippen LogP contribution in [-0.4, -0.2) is 55.3 Å². The van der Waals surface area contributed by atoms with Crippen molar-refractivity contribution in [3.8, 4) is 5.75 Å². The lowest BCUT2D eigenvalue weighted by Crippen LogP contribution is -2.46. The fourth-order valence-corrected chi connectivity index (χ4v) is 3.86. The van der Waals surface area contributed by atoms with Crippen molar-refractivity contribution < 1.29 is 14.3 Å². The molecular formula is C20H26N4O3. The number of hydrogen-bond acceptors (Lipinski definition) is 6. The van der Waals surface area contributed by atoms with Crippen molar-refractivity contribution in [2.75, 3.05) is 38.3 Å². The molecule has 7 nitrogen and oxygen atoms in total. The van der Waals surface area contributed by atoms with Gasteiger partial charge in [0.15, 0.2) is 0 Å². The van der Waals surface area contributed by atoms with E-state index in [1.54, 1.807) is 7.11 Å². The number of carbonyl (C=O) groups is 1. The SMILES string of the molecule is COc1ccc2c(C)nc(N3CCCC(C(=O)NC4CCOC4)C3)nc2c1. The Kier molecular flexibility index (Phi) is 5.11. The van der Waals surface area contributed by atoms with Crippen LogP contribution in [0, 0.1) is 12.8 Å². The fraction of sp³-hybridized carbons (Fsp3) is 0.550. The number of aromatic nitrogens is 2. The number of rotatable bonds is 4. The third-order valence-electron chi connectivity index (χ3n) is 5.43. The number of nitrogens with zero attached hydrogens (tertiary/aromatic N) is 3. The summed E-state index contributed by atoms with van der Waals surface area (Å²) < 4.78 is 10.7. The minimum absolute atomic E-state index is 0.0377. The maximum atomic E-state index is 12.6. The predicted molar refractivity (Wildman–Crippen MR) is 103 cm³/mol. The van der Waals surface area contributed by atoms with E-state index in [4.69, 9.17) is 19.4 Å². The van der Waals surface area contributed by atoms with Gasteiger partial charge in [-0.05, 0) is 38.3 Å². The highest BCUT2D eigenvalue weighted by Crippen LogP contribution is 2.26. The molecule has 3 heterocycles. The number of hydrogen-bond donors (Lipinski definition) is 1. The van der Waals surface area contributed by atoms with Gasteiger partial charge in [-0.2, -0.15) is 0 Å². The number of nitrogens with one attached hydrogen (secondary N) is 1. The maximum absolute atomic E-state index is 12.6. The molecule has 2 aliphatic heterocycles. The molecule has 2 fully saturated rings. The topological polar surface area (TPSA) is 76.6 Å². The third kappa shape index (κ3) is 3.83. The van der Waals surface area contributed by atoms with E-state index in [1.807, 2.05) is 25.1 Å². The molecule has 0 aliphatic carbocycles. The summed E-state index contributed by atoms with van der Waals surface area (Å²) in [4.78, 5) is 24.2. The lowest BCUT2D eigenvalue weighted by atomic mass is 9.97. The number of benzene rings is 1. The smallest absolute Gasteiger partial charge is 0.226 e. The van der Waals surface area contributed by atoms with Crippen LogP contribution in [0.1, 0.15) is 25.0 Å². The minimum Gasteiger partial charge on any atom is -0.497 e. The molecule has 2 saturated heterocycles. The van der Waals surface area contributed by atoms with Crippen molar-refractivity contribution in [1.29, 1.82) is 0 Å². The van der Waals surface area contributed by atoms with Crippen LogP contribution in [0.3, 0.4) is 0 Å². The van der Waals surface area contributed by atoms with Crippen LogP contribution in [0.4, 0.5) is 5.95 Å². The predicted octanol–water partition coefficient (Wildman–Crippen LogP) is 2.07. The monoisotopic (exact) mass is 370 g/mol. The standard InChI is InChI=1S/C20H26N4O3/c1-13-17-6-5-16(26-2)10-18(17)23-20(21-13)24-8-3-4-14(11-24)19(25)22-15-7-9-27-12-15/h5-6,10,14-15H,3-4,7-9,11-12H2,1-2H3,(H,22,25). The van der Waals surface area contributed by atoms with E-state index in [-0.39, 0.29) is 17.9 Å². The number of piperidine rings is 1. The normalized spacial score (nSPS) is 22.8. The fourth-order valence-electron chi connectivity index (χ4n) is 3.86. The van der Waals surface area contributed by atoms with Gasteiger partial charge in [0.05, 0.1) is 36.9 Å². The lowest BCUT2D eigenvalue weighted by Gasteiger charge is -2.32. The Labute approximate surface area is 159 Å². The number of aryl methyl sites for hydroxylation is 1. The molecule has 1 amide bonds. The zero-order chi connectivity index (χ0) is 18.8. The first-order chi connectivity index (χ1) is 13.1. The molecule has 2 atom stereocenters. The van der Waals surface area contributed by atoms with E-state index in [9.17, 15) is 4.79 Å². The molecule has 2 aliphatic rings. The quantitative estimate of drug-likeness (QED) is 0.888. The van der Waals surface area contributed by atoms with Gasteiger partial charge in [0.25, 0.3) is 0 Å². The number of fused-ring (bicyclic) bond motifs is 1. The van der Waals surface area contributed by atoms with Gasteiger partial charge < -0.3 is 19.7 Å². The van der Waals surface area contributed by atoms with Crippen molar-refractivity contribution in [2.45, 2.75) is 32.2 Å². The molecule has 27 heavy (non-hydrogen) atoms. The molecule has 0 saturated carbocycles. The minimum atomic E-state index is -0.0377. The molecule has 0 radical (unpaired) electrons. The largest absolute Gasteiger partial charge is 0.497 e. The summed E-state index contributed by atoms with van der Waals surface area (Å²) in [5.74, 6) is 1.55. The van der Waals surface area contributed by atoms with Crippen LogP contribution >= 0.6 is 0 Å². The molecule has 144 valence electrons. The van der Waals surface area contributed by atoms with Gasteiger partial charge in [0.2, 0.25) is 11.9 Å².